The van der Waals surface area contributed by atoms with Crippen molar-refractivity contribution < 1.29 is 14.3 Å². The highest BCUT2D eigenvalue weighted by Gasteiger charge is 2.26. The molecule has 1 saturated carbocycles. The summed E-state index contributed by atoms with van der Waals surface area (Å²) in [4.78, 5) is 29.9. The Morgan fingerprint density at radius 3 is 2.65 bits per heavy atom. The number of fused-ring (bicyclic) bond motifs is 1. The Morgan fingerprint density at radius 2 is 1.96 bits per heavy atom. The quantitative estimate of drug-likeness (QED) is 0.862. The molecule has 1 N–H and O–H groups in total. The minimum Gasteiger partial charge on any atom is -0.497 e. The number of carbonyl (C=O) groups excluding carboxylic acids is 1. The van der Waals surface area contributed by atoms with Crippen LogP contribution in [0.1, 0.15) is 37.7 Å². The van der Waals surface area contributed by atoms with Crippen LogP contribution in [0.3, 0.4) is 0 Å². The third-order valence-corrected chi connectivity index (χ3v) is 5.07. The van der Waals surface area contributed by atoms with Crippen LogP contribution in [0.15, 0.2) is 29.1 Å². The van der Waals surface area contributed by atoms with Crippen LogP contribution in [0.25, 0.3) is 10.9 Å². The zero-order chi connectivity index (χ0) is 18.5. The molecular formula is C20H26N2O4. The largest absolute Gasteiger partial charge is 0.497 e. The summed E-state index contributed by atoms with van der Waals surface area (Å²) in [5, 5.41) is 0.920. The van der Waals surface area contributed by atoms with Gasteiger partial charge in [-0.2, -0.15) is 0 Å². The van der Waals surface area contributed by atoms with Gasteiger partial charge in [0.25, 0.3) is 5.56 Å². The molecule has 2 aromatic rings. The first-order chi connectivity index (χ1) is 12.6. The SMILES string of the molecule is COCC(=O)N(Cc1cc2ccc(OC)cc2[nH]c1=O)C1CCCCC1. The highest BCUT2D eigenvalue weighted by atomic mass is 16.5. The van der Waals surface area contributed by atoms with Crippen LogP contribution in [0.2, 0.25) is 0 Å². The molecular weight excluding hydrogens is 332 g/mol. The molecule has 0 unspecified atom stereocenters. The van der Waals surface area contributed by atoms with Crippen molar-refractivity contribution in [3.63, 3.8) is 0 Å². The van der Waals surface area contributed by atoms with Crippen LogP contribution >= 0.6 is 0 Å². The van der Waals surface area contributed by atoms with E-state index >= 15 is 0 Å². The number of nitrogens with one attached hydrogen (secondary N) is 1. The van der Waals surface area contributed by atoms with Gasteiger partial charge >= 0.3 is 0 Å². The van der Waals surface area contributed by atoms with Crippen molar-refractivity contribution in [1.29, 1.82) is 0 Å². The molecule has 6 nitrogen and oxygen atoms in total. The molecule has 0 bridgehead atoms. The number of ether oxygens (including phenoxy) is 2. The highest BCUT2D eigenvalue weighted by Crippen LogP contribution is 2.25. The fourth-order valence-corrected chi connectivity index (χ4v) is 3.67. The Hall–Kier alpha value is -2.34. The van der Waals surface area contributed by atoms with E-state index in [0.29, 0.717) is 17.9 Å². The van der Waals surface area contributed by atoms with Gasteiger partial charge in [0.2, 0.25) is 5.91 Å². The van der Waals surface area contributed by atoms with Crippen LogP contribution in [0.5, 0.6) is 5.75 Å². The number of H-pyrrole nitrogens is 1. The van der Waals surface area contributed by atoms with Gasteiger partial charge in [-0.3, -0.25) is 9.59 Å². The second-order valence-electron chi connectivity index (χ2n) is 6.82. The Kier molecular flexibility index (Phi) is 5.93. The predicted molar refractivity (Wildman–Crippen MR) is 100 cm³/mol. The van der Waals surface area contributed by atoms with Gasteiger partial charge in [0.05, 0.1) is 19.2 Å². The molecule has 1 aromatic heterocycles. The van der Waals surface area contributed by atoms with Gasteiger partial charge < -0.3 is 19.4 Å². The molecule has 1 heterocycles. The molecule has 0 saturated heterocycles. The van der Waals surface area contributed by atoms with Gasteiger partial charge in [-0.05, 0) is 36.4 Å². The number of carbonyl (C=O) groups is 1. The summed E-state index contributed by atoms with van der Waals surface area (Å²) in [5.41, 5.74) is 1.15. The zero-order valence-corrected chi connectivity index (χ0v) is 15.4. The van der Waals surface area contributed by atoms with Gasteiger partial charge in [-0.25, -0.2) is 0 Å². The molecule has 26 heavy (non-hydrogen) atoms. The number of pyridine rings is 1. The summed E-state index contributed by atoms with van der Waals surface area (Å²) in [6.45, 7) is 0.351. The number of nitrogens with zero attached hydrogens (tertiary/aromatic N) is 1. The first-order valence-corrected chi connectivity index (χ1v) is 9.10. The number of benzene rings is 1. The van der Waals surface area contributed by atoms with Crippen molar-refractivity contribution in [2.45, 2.75) is 44.7 Å². The number of amides is 1. The molecule has 1 aromatic carbocycles. The van der Waals surface area contributed by atoms with Crippen molar-refractivity contribution in [2.24, 2.45) is 0 Å². The summed E-state index contributed by atoms with van der Waals surface area (Å²) >= 11 is 0. The van der Waals surface area contributed by atoms with Crippen LogP contribution in [0, 0.1) is 0 Å². The third-order valence-electron chi connectivity index (χ3n) is 5.07. The Bertz CT molecular complexity index is 824. The first kappa shape index (κ1) is 18.5. The minimum absolute atomic E-state index is 0.0409. The number of rotatable bonds is 6. The second-order valence-corrected chi connectivity index (χ2v) is 6.82. The molecule has 1 aliphatic carbocycles. The molecule has 1 fully saturated rings. The standard InChI is InChI=1S/C20H26N2O4/c1-25-13-19(23)22(16-6-4-3-5-7-16)12-15-10-14-8-9-17(26-2)11-18(14)21-20(15)24/h8-11,16H,3-7,12-13H2,1-2H3,(H,21,24). The van der Waals surface area contributed by atoms with E-state index in [9.17, 15) is 9.59 Å². The Balaban J connectivity index is 1.90. The van der Waals surface area contributed by atoms with Gasteiger partial charge in [-0.15, -0.1) is 0 Å². The maximum absolute atomic E-state index is 12.6. The van der Waals surface area contributed by atoms with Crippen LogP contribution < -0.4 is 10.3 Å². The predicted octanol–water partition coefficient (Wildman–Crippen LogP) is 2.84. The average Bonchev–Trinajstić information content (AvgIpc) is 2.66. The summed E-state index contributed by atoms with van der Waals surface area (Å²) in [6, 6.07) is 7.62. The zero-order valence-electron chi connectivity index (χ0n) is 15.4. The lowest BCUT2D eigenvalue weighted by molar-refractivity contribution is -0.139. The molecule has 0 radical (unpaired) electrons. The number of aromatic amines is 1. The van der Waals surface area contributed by atoms with E-state index in [2.05, 4.69) is 4.98 Å². The van der Waals surface area contributed by atoms with Crippen molar-refractivity contribution in [3.8, 4) is 5.75 Å². The molecule has 0 spiro atoms. The fraction of sp³-hybridized carbons (Fsp3) is 0.500. The molecule has 140 valence electrons. The van der Waals surface area contributed by atoms with Crippen molar-refractivity contribution in [3.05, 3.63) is 40.2 Å². The van der Waals surface area contributed by atoms with Gasteiger partial charge in [-0.1, -0.05) is 19.3 Å². The fourth-order valence-electron chi connectivity index (χ4n) is 3.67. The lowest BCUT2D eigenvalue weighted by Crippen LogP contribution is -2.43. The minimum atomic E-state index is -0.170. The van der Waals surface area contributed by atoms with Crippen molar-refractivity contribution in [1.82, 2.24) is 9.88 Å². The molecule has 1 amide bonds. The van der Waals surface area contributed by atoms with E-state index in [1.807, 2.05) is 23.1 Å². The highest BCUT2D eigenvalue weighted by molar-refractivity contribution is 5.81. The topological polar surface area (TPSA) is 71.6 Å². The van der Waals surface area contributed by atoms with E-state index in [4.69, 9.17) is 9.47 Å². The van der Waals surface area contributed by atoms with Gasteiger partial charge in [0.15, 0.2) is 0 Å². The van der Waals surface area contributed by atoms with E-state index in [0.717, 1.165) is 36.6 Å². The van der Waals surface area contributed by atoms with E-state index in [1.165, 1.54) is 13.5 Å². The number of hydrogen-bond acceptors (Lipinski definition) is 4. The summed E-state index contributed by atoms with van der Waals surface area (Å²) < 4.78 is 10.3. The normalized spacial score (nSPS) is 15.2. The maximum Gasteiger partial charge on any atom is 0.253 e. The van der Waals surface area contributed by atoms with E-state index < -0.39 is 0 Å². The van der Waals surface area contributed by atoms with Crippen LogP contribution in [-0.4, -0.2) is 42.7 Å². The van der Waals surface area contributed by atoms with Crippen molar-refractivity contribution >= 4 is 16.8 Å². The van der Waals surface area contributed by atoms with Gasteiger partial charge in [0, 0.05) is 24.8 Å². The average molecular weight is 358 g/mol. The summed E-state index contributed by atoms with van der Waals surface area (Å²) in [5.74, 6) is 0.633. The van der Waals surface area contributed by atoms with Gasteiger partial charge in [0.1, 0.15) is 12.4 Å². The molecule has 6 heteroatoms. The monoisotopic (exact) mass is 358 g/mol. The lowest BCUT2D eigenvalue weighted by Gasteiger charge is -2.34. The Morgan fingerprint density at radius 1 is 1.19 bits per heavy atom. The van der Waals surface area contributed by atoms with E-state index in [1.54, 1.807) is 13.2 Å². The number of aromatic nitrogens is 1. The summed E-state index contributed by atoms with van der Waals surface area (Å²) in [6.07, 6.45) is 5.42. The lowest BCUT2D eigenvalue weighted by atomic mass is 9.93. The molecule has 0 aliphatic heterocycles. The van der Waals surface area contributed by atoms with Crippen molar-refractivity contribution in [2.75, 3.05) is 20.8 Å². The summed E-state index contributed by atoms with van der Waals surface area (Å²) in [7, 11) is 3.12. The smallest absolute Gasteiger partial charge is 0.253 e. The first-order valence-electron chi connectivity index (χ1n) is 9.10. The Labute approximate surface area is 153 Å². The van der Waals surface area contributed by atoms with Crippen LogP contribution in [-0.2, 0) is 16.1 Å². The second kappa shape index (κ2) is 8.36. The van der Waals surface area contributed by atoms with Crippen LogP contribution in [0.4, 0.5) is 0 Å². The number of hydrogen-bond donors (Lipinski definition) is 1. The maximum atomic E-state index is 12.6. The van der Waals surface area contributed by atoms with E-state index in [-0.39, 0.29) is 24.1 Å². The molecule has 0 atom stereocenters. The molecule has 3 rings (SSSR count). The third kappa shape index (κ3) is 4.07. The molecule has 1 aliphatic rings. The number of methoxy groups -OCH3 is 2.